The lowest BCUT2D eigenvalue weighted by molar-refractivity contribution is 0.477. The summed E-state index contributed by atoms with van der Waals surface area (Å²) in [6.45, 7) is 0. The fraction of sp³-hybridized carbons (Fsp3) is 0. The van der Waals surface area contributed by atoms with Crippen LogP contribution in [-0.4, -0.2) is 0 Å². The number of hydrogen-bond acceptors (Lipinski definition) is 4. The molecule has 0 saturated carbocycles. The van der Waals surface area contributed by atoms with E-state index in [4.69, 9.17) is 9.15 Å². The molecule has 0 aliphatic carbocycles. The van der Waals surface area contributed by atoms with Crippen molar-refractivity contribution in [3.05, 3.63) is 127 Å². The summed E-state index contributed by atoms with van der Waals surface area (Å²) in [7, 11) is 0. The molecule has 40 heavy (non-hydrogen) atoms. The van der Waals surface area contributed by atoms with Gasteiger partial charge in [0, 0.05) is 36.6 Å². The molecule has 8 aromatic rings. The normalized spacial score (nSPS) is 12.7. The van der Waals surface area contributed by atoms with E-state index in [-0.39, 0.29) is 0 Å². The van der Waals surface area contributed by atoms with E-state index in [0.29, 0.717) is 0 Å². The zero-order valence-electron chi connectivity index (χ0n) is 21.3. The van der Waals surface area contributed by atoms with Crippen molar-refractivity contribution in [3.63, 3.8) is 0 Å². The summed E-state index contributed by atoms with van der Waals surface area (Å²) in [5.74, 6) is 1.71. The van der Waals surface area contributed by atoms with Crippen molar-refractivity contribution in [2.24, 2.45) is 0 Å². The highest BCUT2D eigenvalue weighted by Crippen LogP contribution is 2.51. The van der Waals surface area contributed by atoms with E-state index < -0.39 is 0 Å². The number of thiophene rings is 1. The van der Waals surface area contributed by atoms with Gasteiger partial charge in [0.2, 0.25) is 0 Å². The summed E-state index contributed by atoms with van der Waals surface area (Å²) >= 11 is 1.86. The number of fused-ring (bicyclic) bond motifs is 9. The number of benzene rings is 6. The van der Waals surface area contributed by atoms with Gasteiger partial charge in [-0.05, 0) is 65.7 Å². The lowest BCUT2D eigenvalue weighted by Crippen LogP contribution is -2.15. The summed E-state index contributed by atoms with van der Waals surface area (Å²) in [4.78, 5) is 2.30. The second-order valence-electron chi connectivity index (χ2n) is 10.1. The Labute approximate surface area is 234 Å². The maximum Gasteiger partial charge on any atom is 0.151 e. The van der Waals surface area contributed by atoms with Gasteiger partial charge in [0.25, 0.3) is 0 Å². The zero-order chi connectivity index (χ0) is 26.2. The minimum Gasteiger partial charge on any atom is -0.456 e. The van der Waals surface area contributed by atoms with Crippen molar-refractivity contribution in [2.75, 3.05) is 4.90 Å². The van der Waals surface area contributed by atoms with Crippen LogP contribution in [-0.2, 0) is 0 Å². The molecular weight excluding hydrogens is 510 g/mol. The Morgan fingerprint density at radius 2 is 1.23 bits per heavy atom. The number of nitrogens with zero attached hydrogens (tertiary/aromatic N) is 1. The fourth-order valence-corrected chi connectivity index (χ4v) is 7.48. The van der Waals surface area contributed by atoms with Crippen LogP contribution >= 0.6 is 11.3 Å². The molecule has 1 aliphatic heterocycles. The number of ether oxygens (including phenoxy) is 1. The lowest BCUT2D eigenvalue weighted by atomic mass is 10.0. The summed E-state index contributed by atoms with van der Waals surface area (Å²) in [5.41, 5.74) is 7.46. The molecule has 3 nitrogen and oxygen atoms in total. The van der Waals surface area contributed by atoms with E-state index in [0.717, 1.165) is 39.7 Å². The molecule has 4 heteroatoms. The van der Waals surface area contributed by atoms with E-state index in [2.05, 4.69) is 95.9 Å². The Morgan fingerprint density at radius 3 is 2.08 bits per heavy atom. The minimum absolute atomic E-state index is 0.856. The predicted octanol–water partition coefficient (Wildman–Crippen LogP) is 11.2. The van der Waals surface area contributed by atoms with E-state index in [9.17, 15) is 0 Å². The summed E-state index contributed by atoms with van der Waals surface area (Å²) in [6, 6.07) is 44.6. The van der Waals surface area contributed by atoms with Crippen LogP contribution in [0.1, 0.15) is 0 Å². The first-order valence-corrected chi connectivity index (χ1v) is 14.2. The quantitative estimate of drug-likeness (QED) is 0.222. The van der Waals surface area contributed by atoms with Crippen LogP contribution in [0.15, 0.2) is 132 Å². The molecule has 0 spiro atoms. The Hall–Kier alpha value is -5.06. The van der Waals surface area contributed by atoms with E-state index >= 15 is 0 Å². The van der Waals surface area contributed by atoms with Gasteiger partial charge in [0.15, 0.2) is 11.5 Å². The molecule has 0 unspecified atom stereocenters. The van der Waals surface area contributed by atoms with Gasteiger partial charge in [-0.25, -0.2) is 0 Å². The van der Waals surface area contributed by atoms with Gasteiger partial charge < -0.3 is 14.1 Å². The standard InChI is InChI=1S/C36H21NO2S/c1-4-16-30-27(11-1)34-33(38-30)20-19-26-25-13-8-12-24(35(25)40-36(26)34)22-9-7-10-23(21-22)37-28-14-2-5-17-31(28)39-32-18-6-3-15-29(32)37/h1-21H. The molecule has 0 fully saturated rings. The fourth-order valence-electron chi connectivity index (χ4n) is 6.09. The largest absolute Gasteiger partial charge is 0.456 e. The topological polar surface area (TPSA) is 25.6 Å². The molecule has 0 N–H and O–H groups in total. The number of anilines is 3. The predicted molar refractivity (Wildman–Crippen MR) is 167 cm³/mol. The Kier molecular flexibility index (Phi) is 4.48. The molecule has 2 aromatic heterocycles. The first-order chi connectivity index (χ1) is 19.8. The van der Waals surface area contributed by atoms with Crippen molar-refractivity contribution in [1.82, 2.24) is 0 Å². The van der Waals surface area contributed by atoms with Crippen molar-refractivity contribution >= 4 is 70.5 Å². The number of hydrogen-bond donors (Lipinski definition) is 0. The van der Waals surface area contributed by atoms with Crippen LogP contribution < -0.4 is 9.64 Å². The summed E-state index contributed by atoms with van der Waals surface area (Å²) in [6.07, 6.45) is 0. The number of rotatable bonds is 2. The second-order valence-corrected chi connectivity index (χ2v) is 11.1. The highest BCUT2D eigenvalue weighted by molar-refractivity contribution is 7.27. The monoisotopic (exact) mass is 531 g/mol. The van der Waals surface area contributed by atoms with Gasteiger partial charge in [0.05, 0.1) is 11.4 Å². The number of furan rings is 1. The van der Waals surface area contributed by atoms with Gasteiger partial charge >= 0.3 is 0 Å². The van der Waals surface area contributed by atoms with E-state index in [1.54, 1.807) is 0 Å². The van der Waals surface area contributed by atoms with Crippen molar-refractivity contribution < 1.29 is 9.15 Å². The summed E-state index contributed by atoms with van der Waals surface area (Å²) < 4.78 is 15.0. The zero-order valence-corrected chi connectivity index (χ0v) is 22.1. The molecule has 0 saturated heterocycles. The molecule has 188 valence electrons. The van der Waals surface area contributed by atoms with E-state index in [1.807, 2.05) is 47.7 Å². The molecule has 0 atom stereocenters. The molecule has 3 heterocycles. The average Bonchev–Trinajstić information content (AvgIpc) is 3.58. The van der Waals surface area contributed by atoms with Gasteiger partial charge in [-0.2, -0.15) is 0 Å². The SMILES string of the molecule is c1cc(-c2cccc3c2sc2c3ccc3oc4ccccc4c32)cc(N2c3ccccc3Oc3ccccc32)c1. The van der Waals surface area contributed by atoms with Crippen LogP contribution in [0.25, 0.3) is 53.2 Å². The van der Waals surface area contributed by atoms with Crippen molar-refractivity contribution in [1.29, 1.82) is 0 Å². The highest BCUT2D eigenvalue weighted by Gasteiger charge is 2.25. The third kappa shape index (κ3) is 3.05. The molecule has 0 bridgehead atoms. The highest BCUT2D eigenvalue weighted by atomic mass is 32.1. The summed E-state index contributed by atoms with van der Waals surface area (Å²) in [5, 5.41) is 4.92. The van der Waals surface area contributed by atoms with Crippen LogP contribution in [0.3, 0.4) is 0 Å². The molecule has 0 radical (unpaired) electrons. The third-order valence-corrected chi connectivity index (χ3v) is 9.12. The third-order valence-electron chi connectivity index (χ3n) is 7.85. The molecule has 9 rings (SSSR count). The Bertz CT molecular complexity index is 2230. The number of para-hydroxylation sites is 5. The van der Waals surface area contributed by atoms with Gasteiger partial charge in [-0.1, -0.05) is 72.8 Å². The Morgan fingerprint density at radius 1 is 0.525 bits per heavy atom. The molecular formula is C36H21NO2S. The molecule has 1 aliphatic rings. The minimum atomic E-state index is 0.856. The first-order valence-electron chi connectivity index (χ1n) is 13.4. The van der Waals surface area contributed by atoms with Crippen molar-refractivity contribution in [2.45, 2.75) is 0 Å². The first kappa shape index (κ1) is 21.8. The second kappa shape index (κ2) is 8.22. The van der Waals surface area contributed by atoms with Crippen LogP contribution in [0.5, 0.6) is 11.5 Å². The van der Waals surface area contributed by atoms with Gasteiger partial charge in [-0.3, -0.25) is 0 Å². The van der Waals surface area contributed by atoms with Crippen LogP contribution in [0.2, 0.25) is 0 Å². The van der Waals surface area contributed by atoms with Crippen LogP contribution in [0, 0.1) is 0 Å². The average molecular weight is 532 g/mol. The van der Waals surface area contributed by atoms with Gasteiger partial charge in [0.1, 0.15) is 11.2 Å². The molecule has 6 aromatic carbocycles. The maximum absolute atomic E-state index is 6.25. The maximum atomic E-state index is 6.25. The van der Waals surface area contributed by atoms with Crippen molar-refractivity contribution in [3.8, 4) is 22.6 Å². The van der Waals surface area contributed by atoms with E-state index in [1.165, 1.54) is 42.1 Å². The lowest BCUT2D eigenvalue weighted by Gasteiger charge is -2.33. The smallest absolute Gasteiger partial charge is 0.151 e. The van der Waals surface area contributed by atoms with Gasteiger partial charge in [-0.15, -0.1) is 11.3 Å². The Balaban J connectivity index is 1.27. The molecule has 0 amide bonds. The van der Waals surface area contributed by atoms with Crippen LogP contribution in [0.4, 0.5) is 17.1 Å².